The quantitative estimate of drug-likeness (QED) is 0.779. The number of hydrogen-bond donors (Lipinski definition) is 1. The molecule has 0 aliphatic carbocycles. The van der Waals surface area contributed by atoms with Gasteiger partial charge < -0.3 is 10.2 Å². The Hall–Kier alpha value is -2.89. The fourth-order valence-corrected chi connectivity index (χ4v) is 3.46. The number of carbonyl (C=O) groups excluding carboxylic acids is 1. The Labute approximate surface area is 159 Å². The molecule has 0 aliphatic heterocycles. The van der Waals surface area contributed by atoms with Gasteiger partial charge in [-0.25, -0.2) is 8.42 Å². The van der Waals surface area contributed by atoms with Crippen LogP contribution in [0, 0.1) is 11.3 Å². The van der Waals surface area contributed by atoms with Gasteiger partial charge >= 0.3 is 0 Å². The second kappa shape index (κ2) is 8.66. The number of rotatable bonds is 7. The van der Waals surface area contributed by atoms with Crippen molar-refractivity contribution in [3.05, 3.63) is 59.7 Å². The average Bonchev–Trinajstić information content (AvgIpc) is 2.66. The van der Waals surface area contributed by atoms with Gasteiger partial charge in [0.05, 0.1) is 23.1 Å². The van der Waals surface area contributed by atoms with Crippen molar-refractivity contribution in [2.45, 2.75) is 11.4 Å². The molecule has 0 atom stereocenters. The average molecular weight is 386 g/mol. The molecular formula is C19H22N4O3S. The molecule has 2 rings (SSSR count). The molecule has 0 fully saturated rings. The molecule has 0 spiro atoms. The van der Waals surface area contributed by atoms with Crippen LogP contribution in [0.3, 0.4) is 0 Å². The third-order valence-electron chi connectivity index (χ3n) is 4.00. The minimum Gasteiger partial charge on any atom is -0.378 e. The highest BCUT2D eigenvalue weighted by Crippen LogP contribution is 2.15. The van der Waals surface area contributed by atoms with Gasteiger partial charge in [-0.05, 0) is 42.0 Å². The molecule has 7 nitrogen and oxygen atoms in total. The van der Waals surface area contributed by atoms with E-state index in [2.05, 4.69) is 5.32 Å². The van der Waals surface area contributed by atoms with Crippen molar-refractivity contribution in [2.75, 3.05) is 32.6 Å². The molecule has 27 heavy (non-hydrogen) atoms. The van der Waals surface area contributed by atoms with E-state index in [4.69, 9.17) is 5.26 Å². The van der Waals surface area contributed by atoms with Gasteiger partial charge in [-0.3, -0.25) is 4.79 Å². The van der Waals surface area contributed by atoms with Crippen LogP contribution in [0.1, 0.15) is 11.1 Å². The van der Waals surface area contributed by atoms with Crippen LogP contribution in [0.4, 0.5) is 5.69 Å². The second-order valence-electron chi connectivity index (χ2n) is 6.23. The summed E-state index contributed by atoms with van der Waals surface area (Å²) in [7, 11) is 1.44. The monoisotopic (exact) mass is 386 g/mol. The highest BCUT2D eigenvalue weighted by atomic mass is 32.2. The van der Waals surface area contributed by atoms with Crippen molar-refractivity contribution in [3.63, 3.8) is 0 Å². The largest absolute Gasteiger partial charge is 0.378 e. The number of hydrogen-bond acceptors (Lipinski definition) is 5. The first-order valence-electron chi connectivity index (χ1n) is 8.23. The highest BCUT2D eigenvalue weighted by molar-refractivity contribution is 7.89. The van der Waals surface area contributed by atoms with E-state index in [9.17, 15) is 13.2 Å². The van der Waals surface area contributed by atoms with Crippen molar-refractivity contribution in [1.29, 1.82) is 5.26 Å². The molecule has 2 aromatic carbocycles. The summed E-state index contributed by atoms with van der Waals surface area (Å²) in [6, 6.07) is 15.2. The number of anilines is 1. The molecule has 1 N–H and O–H groups in total. The molecule has 0 saturated heterocycles. The molecule has 0 radical (unpaired) electrons. The summed E-state index contributed by atoms with van der Waals surface area (Å²) in [5.41, 5.74) is 2.35. The van der Waals surface area contributed by atoms with Crippen molar-refractivity contribution >= 4 is 21.6 Å². The third-order valence-corrected chi connectivity index (χ3v) is 5.82. The zero-order valence-electron chi connectivity index (χ0n) is 15.5. The summed E-state index contributed by atoms with van der Waals surface area (Å²) in [6.07, 6.45) is 0. The lowest BCUT2D eigenvalue weighted by atomic mass is 10.2. The normalized spacial score (nSPS) is 11.1. The van der Waals surface area contributed by atoms with E-state index >= 15 is 0 Å². The van der Waals surface area contributed by atoms with Crippen LogP contribution in [-0.4, -0.2) is 46.3 Å². The number of nitrogens with one attached hydrogen (secondary N) is 1. The molecule has 0 saturated carbocycles. The molecule has 2 aromatic rings. The number of carbonyl (C=O) groups is 1. The summed E-state index contributed by atoms with van der Waals surface area (Å²) in [5.74, 6) is -0.397. The van der Waals surface area contributed by atoms with E-state index in [0.717, 1.165) is 15.6 Å². The van der Waals surface area contributed by atoms with Crippen molar-refractivity contribution < 1.29 is 13.2 Å². The van der Waals surface area contributed by atoms with E-state index in [0.29, 0.717) is 12.1 Å². The first-order valence-corrected chi connectivity index (χ1v) is 9.67. The van der Waals surface area contributed by atoms with Gasteiger partial charge in [-0.1, -0.05) is 12.1 Å². The molecule has 0 heterocycles. The highest BCUT2D eigenvalue weighted by Gasteiger charge is 2.22. The van der Waals surface area contributed by atoms with Gasteiger partial charge in [0.1, 0.15) is 0 Å². The molecule has 0 aromatic heterocycles. The molecule has 0 unspecified atom stereocenters. The van der Waals surface area contributed by atoms with Gasteiger partial charge in [0.25, 0.3) is 0 Å². The second-order valence-corrected chi connectivity index (χ2v) is 8.28. The minimum atomic E-state index is -3.80. The fourth-order valence-electron chi connectivity index (χ4n) is 2.34. The van der Waals surface area contributed by atoms with Crippen LogP contribution in [-0.2, 0) is 21.4 Å². The van der Waals surface area contributed by atoms with Gasteiger partial charge in [0, 0.05) is 33.4 Å². The van der Waals surface area contributed by atoms with Crippen molar-refractivity contribution in [2.24, 2.45) is 0 Å². The Kier molecular flexibility index (Phi) is 6.55. The first kappa shape index (κ1) is 20.4. The lowest BCUT2D eigenvalue weighted by Crippen LogP contribution is -2.38. The topological polar surface area (TPSA) is 93.5 Å². The predicted molar refractivity (Wildman–Crippen MR) is 104 cm³/mol. The van der Waals surface area contributed by atoms with E-state index in [1.165, 1.54) is 31.3 Å². The number of nitriles is 1. The number of amides is 1. The summed E-state index contributed by atoms with van der Waals surface area (Å²) in [4.78, 5) is 14.1. The maximum absolute atomic E-state index is 12.5. The summed E-state index contributed by atoms with van der Waals surface area (Å²) in [5, 5.41) is 11.5. The third kappa shape index (κ3) is 5.29. The molecule has 1 amide bonds. The number of likely N-dealkylation sites (N-methyl/N-ethyl adjacent to an activating group) is 1. The maximum Gasteiger partial charge on any atom is 0.243 e. The predicted octanol–water partition coefficient (Wildman–Crippen LogP) is 1.56. The van der Waals surface area contributed by atoms with Crippen LogP contribution >= 0.6 is 0 Å². The number of sulfonamides is 1. The molecule has 142 valence electrons. The Morgan fingerprint density at radius 3 is 2.15 bits per heavy atom. The first-order chi connectivity index (χ1) is 12.7. The molecule has 0 bridgehead atoms. The van der Waals surface area contributed by atoms with Gasteiger partial charge in [-0.15, -0.1) is 0 Å². The van der Waals surface area contributed by atoms with Crippen LogP contribution in [0.2, 0.25) is 0 Å². The fraction of sp³-hybridized carbons (Fsp3) is 0.263. The van der Waals surface area contributed by atoms with E-state index in [1.54, 1.807) is 0 Å². The maximum atomic E-state index is 12.5. The molecule has 0 aliphatic rings. The molecule has 8 heteroatoms. The summed E-state index contributed by atoms with van der Waals surface area (Å²) < 4.78 is 26.0. The van der Waals surface area contributed by atoms with Crippen LogP contribution in [0.5, 0.6) is 0 Å². The smallest absolute Gasteiger partial charge is 0.243 e. The zero-order chi connectivity index (χ0) is 20.0. The van der Waals surface area contributed by atoms with E-state index in [1.807, 2.05) is 49.3 Å². The zero-order valence-corrected chi connectivity index (χ0v) is 16.3. The summed E-state index contributed by atoms with van der Waals surface area (Å²) in [6.45, 7) is 0.0232. The van der Waals surface area contributed by atoms with Crippen molar-refractivity contribution in [1.82, 2.24) is 9.62 Å². The SMILES string of the molecule is CN(C)c1ccc(CNC(=O)CN(C)S(=O)(=O)c2ccc(C#N)cc2)cc1. The lowest BCUT2D eigenvalue weighted by molar-refractivity contribution is -0.121. The Bertz CT molecular complexity index is 930. The summed E-state index contributed by atoms with van der Waals surface area (Å²) >= 11 is 0. The Balaban J connectivity index is 1.94. The minimum absolute atomic E-state index is 0.0380. The van der Waals surface area contributed by atoms with E-state index in [-0.39, 0.29) is 11.4 Å². The van der Waals surface area contributed by atoms with Crippen LogP contribution < -0.4 is 10.2 Å². The van der Waals surface area contributed by atoms with Gasteiger partial charge in [0.2, 0.25) is 15.9 Å². The standard InChI is InChI=1S/C19H22N4O3S/c1-22(2)17-8-4-16(5-9-17)13-21-19(24)14-23(3)27(25,26)18-10-6-15(12-20)7-11-18/h4-11H,13-14H2,1-3H3,(H,21,24). The van der Waals surface area contributed by atoms with Crippen molar-refractivity contribution in [3.8, 4) is 6.07 Å². The number of nitrogens with zero attached hydrogens (tertiary/aromatic N) is 3. The lowest BCUT2D eigenvalue weighted by Gasteiger charge is -2.17. The van der Waals surface area contributed by atoms with Crippen LogP contribution in [0.15, 0.2) is 53.4 Å². The van der Waals surface area contributed by atoms with Gasteiger partial charge in [-0.2, -0.15) is 9.57 Å². The van der Waals surface area contributed by atoms with Crippen LogP contribution in [0.25, 0.3) is 0 Å². The molecular weight excluding hydrogens is 364 g/mol. The van der Waals surface area contributed by atoms with E-state index < -0.39 is 15.9 Å². The number of benzene rings is 2. The van der Waals surface area contributed by atoms with Gasteiger partial charge in [0.15, 0.2) is 0 Å². The Morgan fingerprint density at radius 1 is 1.04 bits per heavy atom. The Morgan fingerprint density at radius 2 is 1.63 bits per heavy atom.